The van der Waals surface area contributed by atoms with E-state index in [1.807, 2.05) is 19.1 Å². The van der Waals surface area contributed by atoms with Crippen LogP contribution in [0.1, 0.15) is 18.1 Å². The van der Waals surface area contributed by atoms with Gasteiger partial charge in [-0.05, 0) is 37.6 Å². The smallest absolute Gasteiger partial charge is 0.264 e. The molecule has 0 N–H and O–H groups in total. The van der Waals surface area contributed by atoms with Gasteiger partial charge in [-0.3, -0.25) is 9.10 Å². The lowest BCUT2D eigenvalue weighted by molar-refractivity contribution is -0.117. The number of fused-ring (bicyclic) bond motifs is 1. The lowest BCUT2D eigenvalue weighted by Crippen LogP contribution is -2.41. The molecule has 2 aromatic carbocycles. The number of hydrogen-bond donors (Lipinski definition) is 0. The molecule has 114 valence electrons. The van der Waals surface area contributed by atoms with Crippen LogP contribution in [0.4, 0.5) is 5.69 Å². The van der Waals surface area contributed by atoms with Crippen molar-refractivity contribution in [3.63, 3.8) is 0 Å². The molecule has 22 heavy (non-hydrogen) atoms. The van der Waals surface area contributed by atoms with Gasteiger partial charge in [0.15, 0.2) is 5.78 Å². The van der Waals surface area contributed by atoms with Crippen LogP contribution in [0.15, 0.2) is 53.4 Å². The standard InChI is InChI=1S/C17H17NO3S/c1-12-7-9-15(10-8-12)22(20,21)18-16-6-4-3-5-14(16)11-17(18)13(2)19/h3-10,17H,11H2,1-2H3/t17-/m0/s1. The van der Waals surface area contributed by atoms with Crippen LogP contribution in [-0.2, 0) is 21.2 Å². The summed E-state index contributed by atoms with van der Waals surface area (Å²) in [7, 11) is -3.75. The predicted octanol–water partition coefficient (Wildman–Crippen LogP) is 2.70. The average Bonchev–Trinajstić information content (AvgIpc) is 2.88. The van der Waals surface area contributed by atoms with Crippen molar-refractivity contribution in [2.75, 3.05) is 4.31 Å². The van der Waals surface area contributed by atoms with E-state index < -0.39 is 16.1 Å². The maximum atomic E-state index is 13.0. The zero-order chi connectivity index (χ0) is 15.9. The van der Waals surface area contributed by atoms with Crippen LogP contribution in [-0.4, -0.2) is 20.2 Å². The predicted molar refractivity (Wildman–Crippen MR) is 85.5 cm³/mol. The third-order valence-electron chi connectivity index (χ3n) is 3.97. The van der Waals surface area contributed by atoms with Crippen molar-refractivity contribution in [1.82, 2.24) is 0 Å². The molecule has 2 aromatic rings. The Morgan fingerprint density at radius 2 is 1.73 bits per heavy atom. The van der Waals surface area contributed by atoms with Gasteiger partial charge in [-0.2, -0.15) is 0 Å². The van der Waals surface area contributed by atoms with Crippen molar-refractivity contribution >= 4 is 21.5 Å². The van der Waals surface area contributed by atoms with Gasteiger partial charge in [0.25, 0.3) is 10.0 Å². The topological polar surface area (TPSA) is 54.5 Å². The van der Waals surface area contributed by atoms with E-state index in [4.69, 9.17) is 0 Å². The second kappa shape index (κ2) is 5.25. The number of hydrogen-bond acceptors (Lipinski definition) is 3. The second-order valence-electron chi connectivity index (χ2n) is 5.57. The lowest BCUT2D eigenvalue weighted by Gasteiger charge is -2.25. The fraction of sp³-hybridized carbons (Fsp3) is 0.235. The number of benzene rings is 2. The van der Waals surface area contributed by atoms with Gasteiger partial charge >= 0.3 is 0 Å². The average molecular weight is 315 g/mol. The summed E-state index contributed by atoms with van der Waals surface area (Å²) in [5.74, 6) is -0.146. The molecule has 0 aromatic heterocycles. The van der Waals surface area contributed by atoms with Gasteiger partial charge in [-0.25, -0.2) is 8.42 Å². The van der Waals surface area contributed by atoms with Gasteiger partial charge in [0.05, 0.1) is 10.6 Å². The Hall–Kier alpha value is -2.14. The summed E-state index contributed by atoms with van der Waals surface area (Å²) < 4.78 is 27.3. The van der Waals surface area contributed by atoms with Crippen LogP contribution in [0.25, 0.3) is 0 Å². The van der Waals surface area contributed by atoms with Gasteiger partial charge in [0.1, 0.15) is 6.04 Å². The van der Waals surface area contributed by atoms with Gasteiger partial charge in [0, 0.05) is 6.42 Å². The quantitative estimate of drug-likeness (QED) is 0.875. The molecular formula is C17H17NO3S. The maximum Gasteiger partial charge on any atom is 0.264 e. The third kappa shape index (κ3) is 2.31. The van der Waals surface area contributed by atoms with Crippen LogP contribution in [0.2, 0.25) is 0 Å². The highest BCUT2D eigenvalue weighted by Crippen LogP contribution is 2.36. The molecule has 1 heterocycles. The van der Waals surface area contributed by atoms with Gasteiger partial charge < -0.3 is 0 Å². The van der Waals surface area contributed by atoms with Crippen molar-refractivity contribution in [2.45, 2.75) is 31.2 Å². The number of aryl methyl sites for hydroxylation is 1. The van der Waals surface area contributed by atoms with Crippen LogP contribution in [0.5, 0.6) is 0 Å². The molecule has 0 saturated carbocycles. The summed E-state index contributed by atoms with van der Waals surface area (Å²) in [5, 5.41) is 0. The van der Waals surface area contributed by atoms with E-state index >= 15 is 0 Å². The summed E-state index contributed by atoms with van der Waals surface area (Å²) in [6, 6.07) is 13.3. The second-order valence-corrected chi connectivity index (χ2v) is 7.39. The van der Waals surface area contributed by atoms with Gasteiger partial charge in [-0.15, -0.1) is 0 Å². The Bertz CT molecular complexity index is 825. The number of carbonyl (C=O) groups is 1. The molecule has 4 nitrogen and oxygen atoms in total. The highest BCUT2D eigenvalue weighted by Gasteiger charge is 2.40. The highest BCUT2D eigenvalue weighted by atomic mass is 32.2. The third-order valence-corrected chi connectivity index (χ3v) is 5.81. The van der Waals surface area contributed by atoms with Crippen molar-refractivity contribution < 1.29 is 13.2 Å². The molecule has 3 rings (SSSR count). The van der Waals surface area contributed by atoms with E-state index in [0.717, 1.165) is 11.1 Å². The molecule has 0 saturated heterocycles. The molecule has 0 bridgehead atoms. The summed E-state index contributed by atoms with van der Waals surface area (Å²) in [4.78, 5) is 12.2. The van der Waals surface area contributed by atoms with E-state index in [2.05, 4.69) is 0 Å². The normalized spacial score (nSPS) is 17.4. The number of ketones is 1. The molecular weight excluding hydrogens is 298 g/mol. The fourth-order valence-corrected chi connectivity index (χ4v) is 4.49. The van der Waals surface area contributed by atoms with E-state index in [-0.39, 0.29) is 10.7 Å². The molecule has 0 unspecified atom stereocenters. The molecule has 1 aliphatic rings. The number of para-hydroxylation sites is 1. The lowest BCUT2D eigenvalue weighted by atomic mass is 10.1. The minimum absolute atomic E-state index is 0.146. The number of carbonyl (C=O) groups excluding carboxylic acids is 1. The first-order valence-corrected chi connectivity index (χ1v) is 8.55. The summed E-state index contributed by atoms with van der Waals surface area (Å²) in [5.41, 5.74) is 2.48. The van der Waals surface area contributed by atoms with E-state index in [0.29, 0.717) is 12.1 Å². The summed E-state index contributed by atoms with van der Waals surface area (Å²) in [6.45, 7) is 3.34. The van der Waals surface area contributed by atoms with E-state index in [9.17, 15) is 13.2 Å². The molecule has 0 fully saturated rings. The number of anilines is 1. The Morgan fingerprint density at radius 3 is 2.36 bits per heavy atom. The Morgan fingerprint density at radius 1 is 1.09 bits per heavy atom. The van der Waals surface area contributed by atoms with E-state index in [1.165, 1.54) is 11.2 Å². The van der Waals surface area contributed by atoms with Gasteiger partial charge in [-0.1, -0.05) is 35.9 Å². The molecule has 0 amide bonds. The van der Waals surface area contributed by atoms with Crippen LogP contribution >= 0.6 is 0 Å². The van der Waals surface area contributed by atoms with Crippen molar-refractivity contribution in [1.29, 1.82) is 0 Å². The van der Waals surface area contributed by atoms with Crippen molar-refractivity contribution in [2.24, 2.45) is 0 Å². The van der Waals surface area contributed by atoms with Gasteiger partial charge in [0.2, 0.25) is 0 Å². The molecule has 1 atom stereocenters. The first-order valence-electron chi connectivity index (χ1n) is 7.11. The first kappa shape index (κ1) is 14.8. The zero-order valence-corrected chi connectivity index (χ0v) is 13.3. The Labute approximate surface area is 130 Å². The van der Waals surface area contributed by atoms with Crippen molar-refractivity contribution in [3.05, 3.63) is 59.7 Å². The molecule has 0 spiro atoms. The maximum absolute atomic E-state index is 13.0. The first-order chi connectivity index (χ1) is 10.4. The van der Waals surface area contributed by atoms with Crippen LogP contribution in [0.3, 0.4) is 0 Å². The van der Waals surface area contributed by atoms with E-state index in [1.54, 1.807) is 36.4 Å². The molecule has 0 aliphatic carbocycles. The largest absolute Gasteiger partial charge is 0.298 e. The minimum Gasteiger partial charge on any atom is -0.298 e. The molecule has 1 aliphatic heterocycles. The van der Waals surface area contributed by atoms with Crippen LogP contribution < -0.4 is 4.31 Å². The fourth-order valence-electron chi connectivity index (χ4n) is 2.79. The zero-order valence-electron chi connectivity index (χ0n) is 12.5. The number of nitrogens with zero attached hydrogens (tertiary/aromatic N) is 1. The van der Waals surface area contributed by atoms with Crippen molar-refractivity contribution in [3.8, 4) is 0 Å². The molecule has 5 heteroatoms. The number of Topliss-reactive ketones (excluding diaryl/α,β-unsaturated/α-hetero) is 1. The monoisotopic (exact) mass is 315 g/mol. The Kier molecular flexibility index (Phi) is 3.53. The molecule has 0 radical (unpaired) electrons. The number of rotatable bonds is 3. The minimum atomic E-state index is -3.75. The number of sulfonamides is 1. The van der Waals surface area contributed by atoms with Crippen LogP contribution in [0, 0.1) is 6.92 Å². The highest BCUT2D eigenvalue weighted by molar-refractivity contribution is 7.93. The summed E-state index contributed by atoms with van der Waals surface area (Å²) in [6.07, 6.45) is 0.427. The summed E-state index contributed by atoms with van der Waals surface area (Å²) >= 11 is 0. The Balaban J connectivity index is 2.14. The SMILES string of the molecule is CC(=O)[C@@H]1Cc2ccccc2N1S(=O)(=O)c1ccc(C)cc1.